The van der Waals surface area contributed by atoms with Crippen LogP contribution in [-0.4, -0.2) is 36.5 Å². The molecular formula is C11H20N2O. The van der Waals surface area contributed by atoms with Gasteiger partial charge in [-0.25, -0.2) is 0 Å². The topological polar surface area (TPSA) is 32.3 Å². The van der Waals surface area contributed by atoms with Crippen LogP contribution in [0.15, 0.2) is 0 Å². The fraction of sp³-hybridized carbons (Fsp3) is 0.909. The van der Waals surface area contributed by atoms with Gasteiger partial charge < -0.3 is 10.2 Å². The second-order valence-corrected chi connectivity index (χ2v) is 4.45. The van der Waals surface area contributed by atoms with E-state index in [0.29, 0.717) is 17.9 Å². The Balaban J connectivity index is 1.94. The highest BCUT2D eigenvalue weighted by atomic mass is 16.2. The lowest BCUT2D eigenvalue weighted by Crippen LogP contribution is -2.42. The predicted molar refractivity (Wildman–Crippen MR) is 56.0 cm³/mol. The zero-order chi connectivity index (χ0) is 9.97. The summed E-state index contributed by atoms with van der Waals surface area (Å²) in [4.78, 5) is 14.1. The monoisotopic (exact) mass is 196 g/mol. The largest absolute Gasteiger partial charge is 0.338 e. The van der Waals surface area contributed by atoms with Crippen LogP contribution in [0.4, 0.5) is 0 Å². The molecule has 1 unspecified atom stereocenters. The molecule has 2 aliphatic rings. The lowest BCUT2D eigenvalue weighted by molar-refractivity contribution is -0.134. The van der Waals surface area contributed by atoms with Gasteiger partial charge in [0.05, 0.1) is 0 Å². The molecule has 1 N–H and O–H groups in total. The molecule has 0 radical (unpaired) electrons. The van der Waals surface area contributed by atoms with Crippen LogP contribution in [-0.2, 0) is 4.79 Å². The maximum atomic E-state index is 12.0. The third-order valence-electron chi connectivity index (χ3n) is 3.15. The minimum Gasteiger partial charge on any atom is -0.338 e. The molecule has 0 aromatic heterocycles. The molecule has 0 aromatic carbocycles. The van der Waals surface area contributed by atoms with Crippen LogP contribution >= 0.6 is 0 Å². The molecule has 2 rings (SSSR count). The van der Waals surface area contributed by atoms with Crippen LogP contribution in [0.1, 0.15) is 32.6 Å². The maximum Gasteiger partial charge on any atom is 0.225 e. The van der Waals surface area contributed by atoms with Gasteiger partial charge in [-0.15, -0.1) is 0 Å². The van der Waals surface area contributed by atoms with Gasteiger partial charge in [0.15, 0.2) is 0 Å². The first-order valence-corrected chi connectivity index (χ1v) is 5.84. The van der Waals surface area contributed by atoms with Gasteiger partial charge >= 0.3 is 0 Å². The van der Waals surface area contributed by atoms with E-state index in [0.717, 1.165) is 45.3 Å². The summed E-state index contributed by atoms with van der Waals surface area (Å²) in [6.07, 6.45) is 4.46. The number of amides is 1. The molecule has 80 valence electrons. The lowest BCUT2D eigenvalue weighted by Gasteiger charge is -2.28. The fourth-order valence-electron chi connectivity index (χ4n) is 2.18. The standard InChI is InChI=1S/C11H20N2O/c1-2-7-13(10-5-6-12-8-10)11(14)9-3-4-9/h9-10,12H,2-8H2,1H3. The van der Waals surface area contributed by atoms with Crippen LogP contribution in [0.3, 0.4) is 0 Å². The van der Waals surface area contributed by atoms with Crippen molar-refractivity contribution < 1.29 is 4.79 Å². The van der Waals surface area contributed by atoms with E-state index in [4.69, 9.17) is 0 Å². The van der Waals surface area contributed by atoms with Gasteiger partial charge in [0.2, 0.25) is 5.91 Å². The smallest absolute Gasteiger partial charge is 0.225 e. The van der Waals surface area contributed by atoms with Crippen molar-refractivity contribution in [3.8, 4) is 0 Å². The number of carbonyl (C=O) groups is 1. The lowest BCUT2D eigenvalue weighted by atomic mass is 10.2. The van der Waals surface area contributed by atoms with Crippen molar-refractivity contribution in [1.82, 2.24) is 10.2 Å². The second kappa shape index (κ2) is 4.30. The van der Waals surface area contributed by atoms with Crippen LogP contribution < -0.4 is 5.32 Å². The first-order chi connectivity index (χ1) is 6.83. The van der Waals surface area contributed by atoms with E-state index in [1.54, 1.807) is 0 Å². The van der Waals surface area contributed by atoms with Gasteiger partial charge in [0.25, 0.3) is 0 Å². The van der Waals surface area contributed by atoms with Gasteiger partial charge in [0.1, 0.15) is 0 Å². The van der Waals surface area contributed by atoms with Crippen LogP contribution in [0.5, 0.6) is 0 Å². The molecule has 0 aromatic rings. The van der Waals surface area contributed by atoms with E-state index in [1.165, 1.54) is 0 Å². The second-order valence-electron chi connectivity index (χ2n) is 4.45. The maximum absolute atomic E-state index is 12.0. The number of nitrogens with one attached hydrogen (secondary N) is 1. The third kappa shape index (κ3) is 2.08. The first-order valence-electron chi connectivity index (χ1n) is 5.84. The summed E-state index contributed by atoms with van der Waals surface area (Å²) in [5.74, 6) is 0.794. The number of nitrogens with zero attached hydrogens (tertiary/aromatic N) is 1. The number of carbonyl (C=O) groups excluding carboxylic acids is 1. The van der Waals surface area contributed by atoms with E-state index in [2.05, 4.69) is 17.1 Å². The highest BCUT2D eigenvalue weighted by Crippen LogP contribution is 2.32. The molecule has 0 bridgehead atoms. The summed E-state index contributed by atoms with van der Waals surface area (Å²) in [7, 11) is 0. The molecule has 1 saturated heterocycles. The molecule has 1 aliphatic heterocycles. The summed E-state index contributed by atoms with van der Waals surface area (Å²) >= 11 is 0. The molecule has 1 aliphatic carbocycles. The van der Waals surface area contributed by atoms with Crippen molar-refractivity contribution in [2.75, 3.05) is 19.6 Å². The summed E-state index contributed by atoms with van der Waals surface area (Å²) in [5, 5.41) is 3.33. The van der Waals surface area contributed by atoms with Gasteiger partial charge in [-0.2, -0.15) is 0 Å². The Morgan fingerprint density at radius 1 is 1.43 bits per heavy atom. The molecule has 1 heterocycles. The molecular weight excluding hydrogens is 176 g/mol. The van der Waals surface area contributed by atoms with E-state index in [9.17, 15) is 4.79 Å². The Morgan fingerprint density at radius 3 is 2.71 bits per heavy atom. The average Bonchev–Trinajstić information content (AvgIpc) is 2.91. The highest BCUT2D eigenvalue weighted by Gasteiger charge is 2.36. The van der Waals surface area contributed by atoms with Crippen molar-refractivity contribution >= 4 is 5.91 Å². The Hall–Kier alpha value is -0.570. The fourth-order valence-corrected chi connectivity index (χ4v) is 2.18. The van der Waals surface area contributed by atoms with Crippen molar-refractivity contribution in [2.24, 2.45) is 5.92 Å². The zero-order valence-electron chi connectivity index (χ0n) is 8.96. The molecule has 3 nitrogen and oxygen atoms in total. The molecule has 14 heavy (non-hydrogen) atoms. The molecule has 3 heteroatoms. The van der Waals surface area contributed by atoms with Crippen molar-refractivity contribution in [2.45, 2.75) is 38.6 Å². The number of hydrogen-bond donors (Lipinski definition) is 1. The minimum atomic E-state index is 0.377. The minimum absolute atomic E-state index is 0.377. The molecule has 1 atom stereocenters. The van der Waals surface area contributed by atoms with Gasteiger partial charge in [-0.1, -0.05) is 6.92 Å². The highest BCUT2D eigenvalue weighted by molar-refractivity contribution is 5.81. The van der Waals surface area contributed by atoms with Gasteiger partial charge in [-0.3, -0.25) is 4.79 Å². The Kier molecular flexibility index (Phi) is 3.06. The summed E-state index contributed by atoms with van der Waals surface area (Å²) in [5.41, 5.74) is 0. The quantitative estimate of drug-likeness (QED) is 0.727. The average molecular weight is 196 g/mol. The number of hydrogen-bond acceptors (Lipinski definition) is 2. The summed E-state index contributed by atoms with van der Waals surface area (Å²) in [6, 6.07) is 0.475. The molecule has 1 saturated carbocycles. The van der Waals surface area contributed by atoms with Crippen LogP contribution in [0.25, 0.3) is 0 Å². The van der Waals surface area contributed by atoms with Crippen LogP contribution in [0.2, 0.25) is 0 Å². The normalized spacial score (nSPS) is 26.5. The van der Waals surface area contributed by atoms with E-state index in [-0.39, 0.29) is 0 Å². The van der Waals surface area contributed by atoms with Crippen molar-refractivity contribution in [3.63, 3.8) is 0 Å². The summed E-state index contributed by atoms with van der Waals surface area (Å²) in [6.45, 7) is 5.17. The van der Waals surface area contributed by atoms with E-state index < -0.39 is 0 Å². The van der Waals surface area contributed by atoms with E-state index in [1.807, 2.05) is 0 Å². The first kappa shape index (κ1) is 9.97. The van der Waals surface area contributed by atoms with E-state index >= 15 is 0 Å². The number of rotatable bonds is 4. The Labute approximate surface area is 85.8 Å². The Bertz CT molecular complexity index is 207. The molecule has 2 fully saturated rings. The molecule has 0 spiro atoms. The van der Waals surface area contributed by atoms with Crippen molar-refractivity contribution in [1.29, 1.82) is 0 Å². The van der Waals surface area contributed by atoms with Gasteiger partial charge in [0, 0.05) is 25.0 Å². The zero-order valence-corrected chi connectivity index (χ0v) is 8.96. The SMILES string of the molecule is CCCN(C(=O)C1CC1)C1CCNC1. The van der Waals surface area contributed by atoms with Crippen molar-refractivity contribution in [3.05, 3.63) is 0 Å². The third-order valence-corrected chi connectivity index (χ3v) is 3.15. The summed E-state index contributed by atoms with van der Waals surface area (Å²) < 4.78 is 0. The predicted octanol–water partition coefficient (Wildman–Crippen LogP) is 0.997. The van der Waals surface area contributed by atoms with Gasteiger partial charge in [-0.05, 0) is 32.2 Å². The Morgan fingerprint density at radius 2 is 2.21 bits per heavy atom. The molecule has 1 amide bonds. The van der Waals surface area contributed by atoms with Crippen LogP contribution in [0, 0.1) is 5.92 Å².